The summed E-state index contributed by atoms with van der Waals surface area (Å²) in [4.78, 5) is 0. The molecule has 0 spiro atoms. The summed E-state index contributed by atoms with van der Waals surface area (Å²) in [7, 11) is 3.75. The van der Waals surface area contributed by atoms with E-state index in [-0.39, 0.29) is 0 Å². The monoisotopic (exact) mass is 249 g/mol. The van der Waals surface area contributed by atoms with E-state index < -0.39 is 0 Å². The Bertz CT molecular complexity index is 322. The molecule has 2 nitrogen and oxygen atoms in total. The molecule has 0 fully saturated rings. The van der Waals surface area contributed by atoms with Gasteiger partial charge in [-0.15, -0.1) is 0 Å². The predicted molar refractivity (Wildman–Crippen MR) is 82.6 cm³/mol. The topological polar surface area (TPSA) is 21.3 Å². The zero-order valence-corrected chi connectivity index (χ0v) is 12.4. The first-order chi connectivity index (χ1) is 8.51. The van der Waals surface area contributed by atoms with Crippen molar-refractivity contribution in [3.63, 3.8) is 0 Å². The number of rotatable bonds is 6. The average Bonchev–Trinajstić information content (AvgIpc) is 2.30. The molecule has 1 N–H and O–H groups in total. The van der Waals surface area contributed by atoms with E-state index in [1.807, 2.05) is 59.2 Å². The van der Waals surface area contributed by atoms with Gasteiger partial charge >= 0.3 is 0 Å². The first-order valence-electron chi connectivity index (χ1n) is 6.01. The fourth-order valence-electron chi connectivity index (χ4n) is 0.888. The molecule has 0 unspecified atom stereocenters. The van der Waals surface area contributed by atoms with Gasteiger partial charge < -0.3 is 10.1 Å². The maximum atomic E-state index is 5.51. The molecule has 0 radical (unpaired) electrons. The normalized spacial score (nSPS) is 11.8. The van der Waals surface area contributed by atoms with Crippen molar-refractivity contribution < 1.29 is 4.74 Å². The van der Waals surface area contributed by atoms with Gasteiger partial charge in [-0.3, -0.25) is 0 Å². The molecule has 0 aromatic carbocycles. The molecule has 0 aliphatic carbocycles. The molecule has 0 heterocycles. The Balaban J connectivity index is 0. The fraction of sp³-hybridized carbons (Fsp3) is 0.375. The van der Waals surface area contributed by atoms with Crippen molar-refractivity contribution in [3.05, 3.63) is 60.4 Å². The van der Waals surface area contributed by atoms with Crippen LogP contribution < -0.4 is 5.32 Å². The standard InChI is InChI=1S/C14H20O.C2H7N/c1-6-8-13(5)15-11-14(7-2)10-9-12(3)4;1-3-2/h6-10H,1,3,11H2,2,4-5H3;3H,1-2H3/b10-9-,13-8+,14-7+;. The third-order valence-electron chi connectivity index (χ3n) is 1.77. The van der Waals surface area contributed by atoms with E-state index in [1.165, 1.54) is 0 Å². The predicted octanol–water partition coefficient (Wildman–Crippen LogP) is 4.01. The summed E-state index contributed by atoms with van der Waals surface area (Å²) in [5, 5.41) is 2.75. The molecule has 0 amide bonds. The minimum absolute atomic E-state index is 0.580. The molecule has 2 heteroatoms. The van der Waals surface area contributed by atoms with Gasteiger partial charge in [-0.2, -0.15) is 0 Å². The molecule has 0 atom stereocenters. The van der Waals surface area contributed by atoms with Gasteiger partial charge in [0.25, 0.3) is 0 Å². The van der Waals surface area contributed by atoms with Crippen LogP contribution in [0.3, 0.4) is 0 Å². The van der Waals surface area contributed by atoms with Crippen LogP contribution in [-0.4, -0.2) is 20.7 Å². The van der Waals surface area contributed by atoms with Crippen LogP contribution in [0, 0.1) is 0 Å². The van der Waals surface area contributed by atoms with Gasteiger partial charge in [0.2, 0.25) is 0 Å². The lowest BCUT2D eigenvalue weighted by atomic mass is 10.2. The molecule has 0 bridgehead atoms. The molecular formula is C16H27NO. The van der Waals surface area contributed by atoms with Crippen LogP contribution in [0.1, 0.15) is 20.8 Å². The maximum Gasteiger partial charge on any atom is 0.112 e. The highest BCUT2D eigenvalue weighted by atomic mass is 16.5. The minimum atomic E-state index is 0.580. The number of nitrogens with one attached hydrogen (secondary N) is 1. The van der Waals surface area contributed by atoms with Crippen LogP contribution >= 0.6 is 0 Å². The lowest BCUT2D eigenvalue weighted by molar-refractivity contribution is 0.244. The first-order valence-corrected chi connectivity index (χ1v) is 6.01. The van der Waals surface area contributed by atoms with Crippen molar-refractivity contribution in [2.45, 2.75) is 20.8 Å². The van der Waals surface area contributed by atoms with Gasteiger partial charge in [-0.1, -0.05) is 43.0 Å². The second-order valence-electron chi connectivity index (χ2n) is 3.84. The summed E-state index contributed by atoms with van der Waals surface area (Å²) >= 11 is 0. The minimum Gasteiger partial charge on any atom is -0.494 e. The van der Waals surface area contributed by atoms with Crippen molar-refractivity contribution in [3.8, 4) is 0 Å². The number of ether oxygens (including phenoxy) is 1. The van der Waals surface area contributed by atoms with Crippen LogP contribution in [0.5, 0.6) is 0 Å². The highest BCUT2D eigenvalue weighted by Gasteiger charge is 1.92. The lowest BCUT2D eigenvalue weighted by Crippen LogP contribution is -1.94. The zero-order chi connectivity index (χ0) is 14.4. The number of hydrogen-bond donors (Lipinski definition) is 1. The largest absolute Gasteiger partial charge is 0.494 e. The highest BCUT2D eigenvalue weighted by Crippen LogP contribution is 2.04. The summed E-state index contributed by atoms with van der Waals surface area (Å²) in [6.07, 6.45) is 9.58. The molecule has 0 saturated heterocycles. The van der Waals surface area contributed by atoms with Crippen molar-refractivity contribution in [2.24, 2.45) is 0 Å². The number of allylic oxidation sites excluding steroid dienone is 6. The average molecular weight is 249 g/mol. The molecule has 0 saturated carbocycles. The van der Waals surface area contributed by atoms with E-state index in [1.54, 1.807) is 6.08 Å². The van der Waals surface area contributed by atoms with Gasteiger partial charge in [0, 0.05) is 0 Å². The Kier molecular flexibility index (Phi) is 14.1. The van der Waals surface area contributed by atoms with E-state index in [4.69, 9.17) is 4.74 Å². The van der Waals surface area contributed by atoms with Crippen LogP contribution in [0.4, 0.5) is 0 Å². The Morgan fingerprint density at radius 3 is 2.17 bits per heavy atom. The molecule has 0 aromatic rings. The summed E-state index contributed by atoms with van der Waals surface area (Å²) in [6, 6.07) is 0. The van der Waals surface area contributed by atoms with Crippen molar-refractivity contribution >= 4 is 0 Å². The van der Waals surface area contributed by atoms with Crippen LogP contribution in [0.25, 0.3) is 0 Å². The molecule has 0 rings (SSSR count). The first kappa shape index (κ1) is 18.8. The second-order valence-corrected chi connectivity index (χ2v) is 3.84. The van der Waals surface area contributed by atoms with Gasteiger partial charge in [-0.25, -0.2) is 0 Å². The smallest absolute Gasteiger partial charge is 0.112 e. The van der Waals surface area contributed by atoms with Crippen LogP contribution in [0.2, 0.25) is 0 Å². The third kappa shape index (κ3) is 14.5. The molecular weight excluding hydrogens is 222 g/mol. The van der Waals surface area contributed by atoms with E-state index in [2.05, 4.69) is 18.5 Å². The summed E-state index contributed by atoms with van der Waals surface area (Å²) in [6.45, 7) is 13.9. The third-order valence-corrected chi connectivity index (χ3v) is 1.77. The second kappa shape index (κ2) is 13.5. The molecule has 0 aliphatic rings. The van der Waals surface area contributed by atoms with Gasteiger partial charge in [-0.05, 0) is 46.5 Å². The molecule has 0 aliphatic heterocycles. The Morgan fingerprint density at radius 2 is 1.78 bits per heavy atom. The van der Waals surface area contributed by atoms with Gasteiger partial charge in [0.1, 0.15) is 6.61 Å². The maximum absolute atomic E-state index is 5.51. The number of hydrogen-bond acceptors (Lipinski definition) is 2. The van der Waals surface area contributed by atoms with Gasteiger partial charge in [0.15, 0.2) is 0 Å². The lowest BCUT2D eigenvalue weighted by Gasteiger charge is -2.06. The quantitative estimate of drug-likeness (QED) is 0.567. The molecule has 102 valence electrons. The summed E-state index contributed by atoms with van der Waals surface area (Å²) in [5.74, 6) is 0.869. The van der Waals surface area contributed by atoms with E-state index in [0.717, 1.165) is 16.9 Å². The van der Waals surface area contributed by atoms with E-state index in [9.17, 15) is 0 Å². The summed E-state index contributed by atoms with van der Waals surface area (Å²) in [5.41, 5.74) is 2.17. The fourth-order valence-corrected chi connectivity index (χ4v) is 0.888. The van der Waals surface area contributed by atoms with E-state index >= 15 is 0 Å². The zero-order valence-electron chi connectivity index (χ0n) is 12.4. The van der Waals surface area contributed by atoms with Crippen molar-refractivity contribution in [1.29, 1.82) is 0 Å². The highest BCUT2D eigenvalue weighted by molar-refractivity contribution is 5.25. The Labute approximate surface area is 112 Å². The van der Waals surface area contributed by atoms with E-state index in [0.29, 0.717) is 6.61 Å². The van der Waals surface area contributed by atoms with Gasteiger partial charge in [0.05, 0.1) is 5.76 Å². The van der Waals surface area contributed by atoms with Crippen LogP contribution in [0.15, 0.2) is 60.4 Å². The Morgan fingerprint density at radius 1 is 1.22 bits per heavy atom. The summed E-state index contributed by atoms with van der Waals surface area (Å²) < 4.78 is 5.51. The Hall–Kier alpha value is -1.54. The molecule has 0 aromatic heterocycles. The SMILES string of the molecule is C=C/C=C(\C)OCC(/C=C\C(=C)C)=C/C.CNC. The van der Waals surface area contributed by atoms with Crippen LogP contribution in [-0.2, 0) is 4.74 Å². The molecule has 18 heavy (non-hydrogen) atoms. The van der Waals surface area contributed by atoms with Crippen molar-refractivity contribution in [1.82, 2.24) is 5.32 Å². The van der Waals surface area contributed by atoms with Crippen molar-refractivity contribution in [2.75, 3.05) is 20.7 Å².